The predicted molar refractivity (Wildman–Crippen MR) is 412 cm³/mol. The lowest BCUT2D eigenvalue weighted by Crippen LogP contribution is -2.45. The zero-order valence-corrected chi connectivity index (χ0v) is 63.5. The van der Waals surface area contributed by atoms with Crippen molar-refractivity contribution in [1.82, 2.24) is 5.32 Å². The topological polar surface area (TPSA) is 95.9 Å². The second-order valence-electron chi connectivity index (χ2n) is 29.9. The van der Waals surface area contributed by atoms with Crippen LogP contribution in [0.4, 0.5) is 0 Å². The molecule has 0 aliphatic rings. The van der Waals surface area contributed by atoms with Crippen molar-refractivity contribution in [3.8, 4) is 0 Å². The maximum Gasteiger partial charge on any atom is 0.305 e. The fourth-order valence-corrected chi connectivity index (χ4v) is 13.9. The molecule has 0 radical (unpaired) electrons. The van der Waals surface area contributed by atoms with E-state index in [9.17, 15) is 19.8 Å². The van der Waals surface area contributed by atoms with E-state index >= 15 is 0 Å². The van der Waals surface area contributed by atoms with Gasteiger partial charge in [-0.05, 0) is 57.8 Å². The third-order valence-electron chi connectivity index (χ3n) is 20.5. The van der Waals surface area contributed by atoms with Gasteiger partial charge < -0.3 is 20.3 Å². The summed E-state index contributed by atoms with van der Waals surface area (Å²) in [6, 6.07) is -0.626. The minimum atomic E-state index is -0.843. The maximum absolute atomic E-state index is 12.6. The second-order valence-corrected chi connectivity index (χ2v) is 29.9. The third kappa shape index (κ3) is 79.2. The Morgan fingerprint density at radius 1 is 0.290 bits per heavy atom. The van der Waals surface area contributed by atoms with Crippen molar-refractivity contribution in [2.24, 2.45) is 0 Å². The molecule has 0 heterocycles. The molecule has 0 aliphatic heterocycles. The number of amides is 1. The molecule has 0 aromatic rings. The summed E-state index contributed by atoms with van der Waals surface area (Å²) in [6.07, 6.45) is 108. The van der Waals surface area contributed by atoms with Gasteiger partial charge in [0.1, 0.15) is 0 Å². The van der Waals surface area contributed by atoms with Gasteiger partial charge in [-0.2, -0.15) is 0 Å². The number of allylic oxidation sites excluding steroid dienone is 3. The van der Waals surface area contributed by atoms with Gasteiger partial charge in [-0.1, -0.05) is 449 Å². The third-order valence-corrected chi connectivity index (χ3v) is 20.5. The SMILES string of the molecule is CCCCCCCCCCCCCCCCCCCCCC/C=C/C(O)C(CO)NC(=O)CCCCCCCCCCCCCCCCCCC/C=C\CCCCCCCCCCCCCCCCCCCCOC(=O)CCCCCCCCCCCCCCCCC. The van der Waals surface area contributed by atoms with Crippen LogP contribution >= 0.6 is 0 Å². The van der Waals surface area contributed by atoms with Crippen LogP contribution in [0.15, 0.2) is 24.3 Å². The normalized spacial score (nSPS) is 12.5. The monoisotopic (exact) mass is 1310 g/mol. The molecule has 93 heavy (non-hydrogen) atoms. The lowest BCUT2D eigenvalue weighted by Gasteiger charge is -2.20. The Balaban J connectivity index is 3.34. The molecule has 1 amide bonds. The van der Waals surface area contributed by atoms with Crippen molar-refractivity contribution in [2.45, 2.75) is 508 Å². The van der Waals surface area contributed by atoms with Crippen molar-refractivity contribution in [3.63, 3.8) is 0 Å². The van der Waals surface area contributed by atoms with Gasteiger partial charge in [-0.3, -0.25) is 9.59 Å². The molecule has 0 saturated carbocycles. The molecule has 2 atom stereocenters. The van der Waals surface area contributed by atoms with Gasteiger partial charge in [-0.15, -0.1) is 0 Å². The molecule has 0 spiro atoms. The van der Waals surface area contributed by atoms with Crippen LogP contribution in [0.25, 0.3) is 0 Å². The number of ether oxygens (including phenoxy) is 1. The number of nitrogens with one attached hydrogen (secondary N) is 1. The Hall–Kier alpha value is -1.66. The van der Waals surface area contributed by atoms with Gasteiger partial charge in [0.15, 0.2) is 0 Å². The quantitative estimate of drug-likeness (QED) is 0.0320. The Morgan fingerprint density at radius 3 is 0.763 bits per heavy atom. The summed E-state index contributed by atoms with van der Waals surface area (Å²) >= 11 is 0. The van der Waals surface area contributed by atoms with E-state index < -0.39 is 12.1 Å². The van der Waals surface area contributed by atoms with E-state index in [1.807, 2.05) is 6.08 Å². The number of esters is 1. The number of aliphatic hydroxyl groups excluding tert-OH is 2. The minimum absolute atomic E-state index is 0.0263. The highest BCUT2D eigenvalue weighted by Gasteiger charge is 2.18. The summed E-state index contributed by atoms with van der Waals surface area (Å²) in [6.45, 7) is 4.97. The minimum Gasteiger partial charge on any atom is -0.466 e. The molecule has 2 unspecified atom stereocenters. The van der Waals surface area contributed by atoms with Crippen molar-refractivity contribution in [1.29, 1.82) is 0 Å². The first kappa shape index (κ1) is 91.3. The Kier molecular flexibility index (Phi) is 81.3. The van der Waals surface area contributed by atoms with Crippen molar-refractivity contribution >= 4 is 11.9 Å². The van der Waals surface area contributed by atoms with E-state index in [4.69, 9.17) is 4.74 Å². The van der Waals surface area contributed by atoms with Crippen LogP contribution in [0, 0.1) is 0 Å². The van der Waals surface area contributed by atoms with E-state index in [-0.39, 0.29) is 18.5 Å². The highest BCUT2D eigenvalue weighted by Crippen LogP contribution is 2.21. The summed E-state index contributed by atoms with van der Waals surface area (Å²) in [5.74, 6) is -0.0318. The summed E-state index contributed by atoms with van der Waals surface area (Å²) in [5, 5.41) is 23.3. The molecule has 6 heteroatoms. The zero-order valence-electron chi connectivity index (χ0n) is 63.5. The Morgan fingerprint density at radius 2 is 0.505 bits per heavy atom. The predicted octanol–water partition coefficient (Wildman–Crippen LogP) is 28.8. The number of unbranched alkanes of at least 4 members (excludes halogenated alkanes) is 69. The van der Waals surface area contributed by atoms with Crippen LogP contribution in [0.1, 0.15) is 495 Å². The molecule has 0 aromatic carbocycles. The lowest BCUT2D eigenvalue weighted by molar-refractivity contribution is -0.143. The second kappa shape index (κ2) is 82.8. The fraction of sp³-hybridized carbons (Fsp3) is 0.931. The van der Waals surface area contributed by atoms with E-state index in [2.05, 4.69) is 31.3 Å². The van der Waals surface area contributed by atoms with E-state index in [0.717, 1.165) is 38.5 Å². The first-order valence-corrected chi connectivity index (χ1v) is 43.1. The summed E-state index contributed by atoms with van der Waals surface area (Å²) in [7, 11) is 0. The number of aliphatic hydroxyl groups is 2. The van der Waals surface area contributed by atoms with Crippen LogP contribution in [-0.2, 0) is 14.3 Å². The number of hydrogen-bond donors (Lipinski definition) is 3. The van der Waals surface area contributed by atoms with E-state index in [0.29, 0.717) is 19.4 Å². The summed E-state index contributed by atoms with van der Waals surface area (Å²) in [4.78, 5) is 24.7. The van der Waals surface area contributed by atoms with Gasteiger partial charge in [0.05, 0.1) is 25.4 Å². The van der Waals surface area contributed by atoms with Gasteiger partial charge in [0, 0.05) is 12.8 Å². The smallest absolute Gasteiger partial charge is 0.305 e. The lowest BCUT2D eigenvalue weighted by atomic mass is 10.0. The molecular formula is C87H169NO5. The average Bonchev–Trinajstić information content (AvgIpc) is 3.78. The molecular weight excluding hydrogens is 1140 g/mol. The zero-order chi connectivity index (χ0) is 67.0. The molecule has 0 aliphatic carbocycles. The first-order chi connectivity index (χ1) is 46.0. The molecule has 3 N–H and O–H groups in total. The standard InChI is InChI=1S/C87H169NO5/c1-3-5-7-9-11-13-15-17-19-20-21-22-42-45-48-52-55-59-63-67-71-75-79-85(90)84(83-89)88-86(91)80-76-72-68-64-60-56-53-49-46-43-40-38-36-34-32-30-28-26-24-23-25-27-29-31-33-35-37-39-41-44-47-50-54-58-62-66-70-74-78-82-93-87(92)81-77-73-69-65-61-57-51-18-16-14-12-10-8-6-4-2/h23-24,75,79,84-85,89-90H,3-22,25-74,76-78,80-83H2,1-2H3,(H,88,91)/b24-23-,79-75+. The van der Waals surface area contributed by atoms with Gasteiger partial charge in [-0.25, -0.2) is 0 Å². The first-order valence-electron chi connectivity index (χ1n) is 43.1. The fourth-order valence-electron chi connectivity index (χ4n) is 13.9. The molecule has 0 fully saturated rings. The Bertz CT molecular complexity index is 1460. The molecule has 6 nitrogen and oxygen atoms in total. The van der Waals surface area contributed by atoms with E-state index in [1.54, 1.807) is 6.08 Å². The summed E-state index contributed by atoms with van der Waals surface area (Å²) in [5.41, 5.74) is 0. The molecule has 0 aromatic heterocycles. The number of carbonyl (C=O) groups is 2. The van der Waals surface area contributed by atoms with Crippen LogP contribution in [0.3, 0.4) is 0 Å². The highest BCUT2D eigenvalue weighted by atomic mass is 16.5. The molecule has 552 valence electrons. The van der Waals surface area contributed by atoms with Crippen LogP contribution in [0.5, 0.6) is 0 Å². The summed E-state index contributed by atoms with van der Waals surface area (Å²) < 4.78 is 5.51. The van der Waals surface area contributed by atoms with E-state index in [1.165, 1.54) is 430 Å². The average molecular weight is 1310 g/mol. The Labute approximate surface area is 583 Å². The van der Waals surface area contributed by atoms with Crippen LogP contribution < -0.4 is 5.32 Å². The molecule has 0 bridgehead atoms. The van der Waals surface area contributed by atoms with Crippen molar-refractivity contribution in [3.05, 3.63) is 24.3 Å². The maximum atomic E-state index is 12.6. The van der Waals surface area contributed by atoms with Gasteiger partial charge in [0.25, 0.3) is 0 Å². The van der Waals surface area contributed by atoms with Gasteiger partial charge in [0.2, 0.25) is 5.91 Å². The van der Waals surface area contributed by atoms with Crippen LogP contribution in [0.2, 0.25) is 0 Å². The van der Waals surface area contributed by atoms with Crippen molar-refractivity contribution < 1.29 is 24.5 Å². The number of hydrogen-bond acceptors (Lipinski definition) is 5. The van der Waals surface area contributed by atoms with Crippen molar-refractivity contribution in [2.75, 3.05) is 13.2 Å². The molecule has 0 saturated heterocycles. The van der Waals surface area contributed by atoms with Crippen LogP contribution in [-0.4, -0.2) is 47.4 Å². The highest BCUT2D eigenvalue weighted by molar-refractivity contribution is 5.76. The molecule has 0 rings (SSSR count). The van der Waals surface area contributed by atoms with Gasteiger partial charge >= 0.3 is 5.97 Å². The largest absolute Gasteiger partial charge is 0.466 e. The number of carbonyl (C=O) groups excluding carboxylic acids is 2. The number of rotatable bonds is 82.